The first-order valence-electron chi connectivity index (χ1n) is 7.54. The summed E-state index contributed by atoms with van der Waals surface area (Å²) in [7, 11) is 0. The van der Waals surface area contributed by atoms with Crippen LogP contribution in [0.25, 0.3) is 0 Å². The summed E-state index contributed by atoms with van der Waals surface area (Å²) in [5, 5.41) is 2.97. The molecule has 0 saturated carbocycles. The number of carbonyl (C=O) groups is 1. The third-order valence-corrected chi connectivity index (χ3v) is 4.02. The molecule has 0 spiro atoms. The van der Waals surface area contributed by atoms with Gasteiger partial charge in [0.2, 0.25) is 0 Å². The molecule has 1 saturated heterocycles. The molecule has 0 aliphatic carbocycles. The van der Waals surface area contributed by atoms with E-state index >= 15 is 0 Å². The Bertz CT molecular complexity index is 436. The van der Waals surface area contributed by atoms with Crippen LogP contribution < -0.4 is 11.1 Å². The number of likely N-dealkylation sites (tertiary alicyclic amines) is 1. The van der Waals surface area contributed by atoms with Crippen molar-refractivity contribution in [3.63, 3.8) is 0 Å². The number of nitrogen functional groups attached to an aromatic ring is 1. The number of nitrogens with zero attached hydrogens (tertiary/aromatic N) is 1. The van der Waals surface area contributed by atoms with Crippen LogP contribution >= 0.6 is 12.4 Å². The van der Waals surface area contributed by atoms with Crippen LogP contribution in [0.3, 0.4) is 0 Å². The fourth-order valence-corrected chi connectivity index (χ4v) is 2.71. The van der Waals surface area contributed by atoms with E-state index in [1.807, 2.05) is 0 Å². The van der Waals surface area contributed by atoms with Gasteiger partial charge in [-0.3, -0.25) is 4.79 Å². The van der Waals surface area contributed by atoms with E-state index < -0.39 is 0 Å². The minimum atomic E-state index is -0.0170. The molecule has 1 amide bonds. The van der Waals surface area contributed by atoms with Gasteiger partial charge in [-0.05, 0) is 57.0 Å². The Morgan fingerprint density at radius 1 is 1.33 bits per heavy atom. The van der Waals surface area contributed by atoms with Crippen LogP contribution in [0.4, 0.5) is 5.69 Å². The topological polar surface area (TPSA) is 58.4 Å². The predicted octanol–water partition coefficient (Wildman–Crippen LogP) is 2.68. The Labute approximate surface area is 133 Å². The van der Waals surface area contributed by atoms with Gasteiger partial charge in [-0.25, -0.2) is 0 Å². The molecular formula is C16H26ClN3O. The molecule has 1 atom stereocenters. The Morgan fingerprint density at radius 2 is 2.05 bits per heavy atom. The molecule has 21 heavy (non-hydrogen) atoms. The van der Waals surface area contributed by atoms with Gasteiger partial charge in [0, 0.05) is 30.4 Å². The number of rotatable bonds is 5. The second-order valence-electron chi connectivity index (χ2n) is 5.61. The van der Waals surface area contributed by atoms with Gasteiger partial charge >= 0.3 is 0 Å². The van der Waals surface area contributed by atoms with Gasteiger partial charge in [-0.2, -0.15) is 0 Å². The SMILES string of the molecule is CC1CCCCN1CCCNC(=O)c1ccc(N)cc1.Cl. The molecule has 1 aromatic rings. The lowest BCUT2D eigenvalue weighted by atomic mass is 10.0. The average molecular weight is 312 g/mol. The summed E-state index contributed by atoms with van der Waals surface area (Å²) in [6, 6.07) is 7.72. The van der Waals surface area contributed by atoms with E-state index in [9.17, 15) is 4.79 Å². The predicted molar refractivity (Wildman–Crippen MR) is 89.9 cm³/mol. The molecule has 3 N–H and O–H groups in total. The summed E-state index contributed by atoms with van der Waals surface area (Å²) in [5.41, 5.74) is 6.96. The van der Waals surface area contributed by atoms with E-state index in [0.717, 1.165) is 19.5 Å². The van der Waals surface area contributed by atoms with E-state index in [0.29, 0.717) is 17.3 Å². The van der Waals surface area contributed by atoms with Gasteiger partial charge in [-0.15, -0.1) is 12.4 Å². The van der Waals surface area contributed by atoms with Crippen LogP contribution in [0.5, 0.6) is 0 Å². The number of halogens is 1. The number of piperidine rings is 1. The van der Waals surface area contributed by atoms with Gasteiger partial charge < -0.3 is 16.0 Å². The van der Waals surface area contributed by atoms with Crippen molar-refractivity contribution >= 4 is 24.0 Å². The lowest BCUT2D eigenvalue weighted by Gasteiger charge is -2.33. The lowest BCUT2D eigenvalue weighted by Crippen LogP contribution is -2.39. The van der Waals surface area contributed by atoms with E-state index in [-0.39, 0.29) is 18.3 Å². The summed E-state index contributed by atoms with van der Waals surface area (Å²) < 4.78 is 0. The Kier molecular flexibility index (Phi) is 7.54. The zero-order chi connectivity index (χ0) is 14.4. The monoisotopic (exact) mass is 311 g/mol. The summed E-state index contributed by atoms with van der Waals surface area (Å²) in [5.74, 6) is -0.0170. The van der Waals surface area contributed by atoms with Crippen LogP contribution in [-0.2, 0) is 0 Å². The van der Waals surface area contributed by atoms with Crippen LogP contribution in [0.2, 0.25) is 0 Å². The first-order valence-corrected chi connectivity index (χ1v) is 7.54. The molecule has 2 rings (SSSR count). The van der Waals surface area contributed by atoms with Crippen molar-refractivity contribution in [3.05, 3.63) is 29.8 Å². The van der Waals surface area contributed by atoms with Crippen molar-refractivity contribution in [2.24, 2.45) is 0 Å². The number of amides is 1. The number of nitrogens with two attached hydrogens (primary N) is 1. The highest BCUT2D eigenvalue weighted by atomic mass is 35.5. The summed E-state index contributed by atoms with van der Waals surface area (Å²) >= 11 is 0. The second-order valence-corrected chi connectivity index (χ2v) is 5.61. The molecule has 1 aromatic carbocycles. The minimum absolute atomic E-state index is 0. The highest BCUT2D eigenvalue weighted by Gasteiger charge is 2.17. The third kappa shape index (κ3) is 5.56. The van der Waals surface area contributed by atoms with Crippen molar-refractivity contribution in [1.82, 2.24) is 10.2 Å². The minimum Gasteiger partial charge on any atom is -0.399 e. The zero-order valence-corrected chi connectivity index (χ0v) is 13.5. The molecule has 0 aromatic heterocycles. The molecule has 5 heteroatoms. The van der Waals surface area contributed by atoms with Crippen LogP contribution in [-0.4, -0.2) is 36.5 Å². The fraction of sp³-hybridized carbons (Fsp3) is 0.562. The summed E-state index contributed by atoms with van der Waals surface area (Å²) in [6.07, 6.45) is 4.97. The Balaban J connectivity index is 0.00000220. The molecule has 1 fully saturated rings. The molecule has 118 valence electrons. The van der Waals surface area contributed by atoms with Gasteiger partial charge in [-0.1, -0.05) is 6.42 Å². The van der Waals surface area contributed by atoms with Crippen molar-refractivity contribution in [2.45, 2.75) is 38.6 Å². The van der Waals surface area contributed by atoms with Crippen molar-refractivity contribution in [3.8, 4) is 0 Å². The maximum absolute atomic E-state index is 11.9. The molecule has 4 nitrogen and oxygen atoms in total. The maximum Gasteiger partial charge on any atom is 0.251 e. The Hall–Kier alpha value is -1.26. The zero-order valence-electron chi connectivity index (χ0n) is 12.7. The number of benzene rings is 1. The quantitative estimate of drug-likeness (QED) is 0.649. The number of carbonyl (C=O) groups excluding carboxylic acids is 1. The molecule has 0 radical (unpaired) electrons. The largest absolute Gasteiger partial charge is 0.399 e. The van der Waals surface area contributed by atoms with Crippen molar-refractivity contribution in [1.29, 1.82) is 0 Å². The normalized spacial score (nSPS) is 18.8. The lowest BCUT2D eigenvalue weighted by molar-refractivity contribution is 0.0949. The van der Waals surface area contributed by atoms with E-state index in [1.54, 1.807) is 24.3 Å². The third-order valence-electron chi connectivity index (χ3n) is 4.02. The van der Waals surface area contributed by atoms with Crippen molar-refractivity contribution < 1.29 is 4.79 Å². The van der Waals surface area contributed by atoms with Gasteiger partial charge in [0.25, 0.3) is 5.91 Å². The Morgan fingerprint density at radius 3 is 2.71 bits per heavy atom. The van der Waals surface area contributed by atoms with Crippen LogP contribution in [0.15, 0.2) is 24.3 Å². The van der Waals surface area contributed by atoms with Gasteiger partial charge in [0.05, 0.1) is 0 Å². The number of hydrogen-bond acceptors (Lipinski definition) is 3. The van der Waals surface area contributed by atoms with E-state index in [1.165, 1.54) is 25.8 Å². The molecule has 1 heterocycles. The van der Waals surface area contributed by atoms with Crippen LogP contribution in [0.1, 0.15) is 43.0 Å². The molecule has 1 unspecified atom stereocenters. The van der Waals surface area contributed by atoms with Gasteiger partial charge in [0.15, 0.2) is 0 Å². The first-order chi connectivity index (χ1) is 9.66. The molecular weight excluding hydrogens is 286 g/mol. The number of nitrogens with one attached hydrogen (secondary N) is 1. The highest BCUT2D eigenvalue weighted by Crippen LogP contribution is 2.16. The molecule has 0 bridgehead atoms. The van der Waals surface area contributed by atoms with Crippen LogP contribution in [0, 0.1) is 0 Å². The average Bonchev–Trinajstić information content (AvgIpc) is 2.46. The fourth-order valence-electron chi connectivity index (χ4n) is 2.71. The summed E-state index contributed by atoms with van der Waals surface area (Å²) in [4.78, 5) is 14.4. The standard InChI is InChI=1S/C16H25N3O.ClH/c1-13-5-2-3-11-19(13)12-4-10-18-16(20)14-6-8-15(17)9-7-14;/h6-9,13H,2-5,10-12,17H2,1H3,(H,18,20);1H. The molecule has 1 aliphatic rings. The van der Waals surface area contributed by atoms with Gasteiger partial charge in [0.1, 0.15) is 0 Å². The maximum atomic E-state index is 11.9. The number of anilines is 1. The smallest absolute Gasteiger partial charge is 0.251 e. The first kappa shape index (κ1) is 17.8. The van der Waals surface area contributed by atoms with Crippen molar-refractivity contribution in [2.75, 3.05) is 25.4 Å². The molecule has 1 aliphatic heterocycles. The summed E-state index contributed by atoms with van der Waals surface area (Å²) in [6.45, 7) is 5.30. The number of hydrogen-bond donors (Lipinski definition) is 2. The second kappa shape index (κ2) is 8.90. The highest BCUT2D eigenvalue weighted by molar-refractivity contribution is 5.94. The van der Waals surface area contributed by atoms with E-state index in [2.05, 4.69) is 17.1 Å². The van der Waals surface area contributed by atoms with E-state index in [4.69, 9.17) is 5.73 Å².